The molecule has 1 heterocycles. The van der Waals surface area contributed by atoms with Gasteiger partial charge in [0, 0.05) is 12.2 Å². The van der Waals surface area contributed by atoms with Crippen molar-refractivity contribution in [2.75, 3.05) is 5.73 Å². The van der Waals surface area contributed by atoms with E-state index in [1.54, 1.807) is 6.92 Å². The van der Waals surface area contributed by atoms with E-state index in [4.69, 9.17) is 10.5 Å². The Morgan fingerprint density at radius 2 is 2.20 bits per heavy atom. The first-order chi connectivity index (χ1) is 9.42. The number of nitrogens with two attached hydrogens (primary N) is 1. The fourth-order valence-corrected chi connectivity index (χ4v) is 1.75. The third-order valence-corrected chi connectivity index (χ3v) is 2.73. The smallest absolute Gasteiger partial charge is 0.328 e. The number of carbonyl (C=O) groups is 2. The molecule has 2 atom stereocenters. The van der Waals surface area contributed by atoms with Gasteiger partial charge < -0.3 is 15.8 Å². The van der Waals surface area contributed by atoms with Crippen LogP contribution in [0.5, 0.6) is 0 Å². The van der Waals surface area contributed by atoms with Crippen molar-refractivity contribution in [3.8, 4) is 0 Å². The molecule has 2 unspecified atom stereocenters. The molecule has 0 radical (unpaired) electrons. The second-order valence-corrected chi connectivity index (χ2v) is 4.80. The number of esters is 1. The molecule has 0 aromatic carbocycles. The van der Waals surface area contributed by atoms with E-state index in [9.17, 15) is 9.59 Å². The van der Waals surface area contributed by atoms with Gasteiger partial charge in [-0.2, -0.15) is 5.10 Å². The zero-order chi connectivity index (χ0) is 15.1. The first kappa shape index (κ1) is 16.0. The molecule has 1 rings (SSSR count). The highest BCUT2D eigenvalue weighted by atomic mass is 16.5. The Morgan fingerprint density at radius 3 is 2.75 bits per heavy atom. The SMILES string of the molecule is CCCC(C)NC(=O)C(C)OC(=O)Cn1cc(N)cn1. The van der Waals surface area contributed by atoms with Gasteiger partial charge in [-0.3, -0.25) is 14.3 Å². The van der Waals surface area contributed by atoms with Gasteiger partial charge in [-0.1, -0.05) is 13.3 Å². The molecular formula is C13H22N4O3. The fourth-order valence-electron chi connectivity index (χ4n) is 1.75. The Morgan fingerprint density at radius 1 is 1.50 bits per heavy atom. The number of ether oxygens (including phenoxy) is 1. The van der Waals surface area contributed by atoms with Crippen LogP contribution in [0.15, 0.2) is 12.4 Å². The van der Waals surface area contributed by atoms with Crippen molar-refractivity contribution < 1.29 is 14.3 Å². The molecule has 1 aromatic rings. The van der Waals surface area contributed by atoms with Crippen molar-refractivity contribution >= 4 is 17.6 Å². The minimum atomic E-state index is -0.824. The molecule has 112 valence electrons. The maximum atomic E-state index is 11.8. The number of aromatic nitrogens is 2. The summed E-state index contributed by atoms with van der Waals surface area (Å²) in [5, 5.41) is 6.67. The number of anilines is 1. The lowest BCUT2D eigenvalue weighted by Crippen LogP contribution is -2.41. The Bertz CT molecular complexity index is 458. The summed E-state index contributed by atoms with van der Waals surface area (Å²) in [5.41, 5.74) is 5.96. The number of carbonyl (C=O) groups excluding carboxylic acids is 2. The summed E-state index contributed by atoms with van der Waals surface area (Å²) in [6.07, 6.45) is 4.01. The van der Waals surface area contributed by atoms with Gasteiger partial charge in [-0.15, -0.1) is 0 Å². The first-order valence-electron chi connectivity index (χ1n) is 6.70. The molecule has 1 amide bonds. The highest BCUT2D eigenvalue weighted by Gasteiger charge is 2.19. The van der Waals surface area contributed by atoms with Crippen molar-refractivity contribution in [1.29, 1.82) is 0 Å². The number of amides is 1. The summed E-state index contributed by atoms with van der Waals surface area (Å²) in [7, 11) is 0. The zero-order valence-corrected chi connectivity index (χ0v) is 12.1. The molecule has 0 aliphatic carbocycles. The van der Waals surface area contributed by atoms with Crippen LogP contribution in [0.25, 0.3) is 0 Å². The Kier molecular flexibility index (Phi) is 6.02. The Labute approximate surface area is 118 Å². The summed E-state index contributed by atoms with van der Waals surface area (Å²) >= 11 is 0. The van der Waals surface area contributed by atoms with Gasteiger partial charge in [0.1, 0.15) is 6.54 Å². The standard InChI is InChI=1S/C13H22N4O3/c1-4-5-9(2)16-13(19)10(3)20-12(18)8-17-7-11(14)6-15-17/h6-7,9-10H,4-5,8,14H2,1-3H3,(H,16,19). The van der Waals surface area contributed by atoms with E-state index in [1.165, 1.54) is 17.1 Å². The Balaban J connectivity index is 2.38. The number of rotatable bonds is 7. The van der Waals surface area contributed by atoms with E-state index in [2.05, 4.69) is 10.4 Å². The van der Waals surface area contributed by atoms with Crippen molar-refractivity contribution in [3.05, 3.63) is 12.4 Å². The molecular weight excluding hydrogens is 260 g/mol. The maximum absolute atomic E-state index is 11.8. The lowest BCUT2D eigenvalue weighted by molar-refractivity contribution is -0.155. The summed E-state index contributed by atoms with van der Waals surface area (Å²) in [6, 6.07) is 0.0690. The van der Waals surface area contributed by atoms with E-state index in [0.29, 0.717) is 5.69 Å². The van der Waals surface area contributed by atoms with Gasteiger partial charge in [-0.05, 0) is 20.3 Å². The van der Waals surface area contributed by atoms with E-state index in [0.717, 1.165) is 12.8 Å². The molecule has 0 bridgehead atoms. The van der Waals surface area contributed by atoms with Crippen molar-refractivity contribution in [1.82, 2.24) is 15.1 Å². The topological polar surface area (TPSA) is 99.2 Å². The van der Waals surface area contributed by atoms with Gasteiger partial charge in [0.15, 0.2) is 6.10 Å². The number of nitrogen functional groups attached to an aromatic ring is 1. The lowest BCUT2D eigenvalue weighted by atomic mass is 10.2. The minimum absolute atomic E-state index is 0.0690. The average Bonchev–Trinajstić information content (AvgIpc) is 2.74. The van der Waals surface area contributed by atoms with Gasteiger partial charge in [0.25, 0.3) is 5.91 Å². The van der Waals surface area contributed by atoms with Crippen LogP contribution in [0.3, 0.4) is 0 Å². The minimum Gasteiger partial charge on any atom is -0.451 e. The van der Waals surface area contributed by atoms with Crippen molar-refractivity contribution in [2.45, 2.75) is 52.3 Å². The largest absolute Gasteiger partial charge is 0.451 e. The second kappa shape index (κ2) is 7.52. The van der Waals surface area contributed by atoms with Crippen LogP contribution in [0.2, 0.25) is 0 Å². The molecule has 1 aromatic heterocycles. The summed E-state index contributed by atoms with van der Waals surface area (Å²) in [6.45, 7) is 5.44. The fraction of sp³-hybridized carbons (Fsp3) is 0.615. The maximum Gasteiger partial charge on any atom is 0.328 e. The quantitative estimate of drug-likeness (QED) is 0.717. The molecule has 0 aliphatic heterocycles. The van der Waals surface area contributed by atoms with E-state index in [-0.39, 0.29) is 18.5 Å². The predicted molar refractivity (Wildman–Crippen MR) is 74.7 cm³/mol. The van der Waals surface area contributed by atoms with Crippen LogP contribution in [0.1, 0.15) is 33.6 Å². The normalized spacial score (nSPS) is 13.6. The monoisotopic (exact) mass is 282 g/mol. The van der Waals surface area contributed by atoms with E-state index < -0.39 is 12.1 Å². The molecule has 7 nitrogen and oxygen atoms in total. The van der Waals surface area contributed by atoms with Crippen LogP contribution in [-0.2, 0) is 20.9 Å². The highest BCUT2D eigenvalue weighted by Crippen LogP contribution is 2.01. The van der Waals surface area contributed by atoms with Crippen molar-refractivity contribution in [3.63, 3.8) is 0 Å². The lowest BCUT2D eigenvalue weighted by Gasteiger charge is -2.17. The van der Waals surface area contributed by atoms with Gasteiger partial charge in [0.2, 0.25) is 0 Å². The van der Waals surface area contributed by atoms with Gasteiger partial charge in [0.05, 0.1) is 11.9 Å². The molecule has 3 N–H and O–H groups in total. The molecule has 0 saturated heterocycles. The van der Waals surface area contributed by atoms with Gasteiger partial charge >= 0.3 is 5.97 Å². The Hall–Kier alpha value is -2.05. The summed E-state index contributed by atoms with van der Waals surface area (Å²) < 4.78 is 6.41. The second-order valence-electron chi connectivity index (χ2n) is 4.80. The molecule has 0 saturated carbocycles. The number of hydrogen-bond donors (Lipinski definition) is 2. The molecule has 0 fully saturated rings. The van der Waals surface area contributed by atoms with Gasteiger partial charge in [-0.25, -0.2) is 0 Å². The van der Waals surface area contributed by atoms with Crippen molar-refractivity contribution in [2.24, 2.45) is 0 Å². The number of hydrogen-bond acceptors (Lipinski definition) is 5. The highest BCUT2D eigenvalue weighted by molar-refractivity contribution is 5.83. The molecule has 20 heavy (non-hydrogen) atoms. The van der Waals surface area contributed by atoms with Crippen LogP contribution in [0, 0.1) is 0 Å². The number of nitrogens with one attached hydrogen (secondary N) is 1. The first-order valence-corrected chi connectivity index (χ1v) is 6.70. The van der Waals surface area contributed by atoms with Crippen LogP contribution in [-0.4, -0.2) is 33.8 Å². The van der Waals surface area contributed by atoms with Crippen LogP contribution < -0.4 is 11.1 Å². The third kappa shape index (κ3) is 5.29. The third-order valence-electron chi connectivity index (χ3n) is 2.73. The van der Waals surface area contributed by atoms with Crippen LogP contribution in [0.4, 0.5) is 5.69 Å². The van der Waals surface area contributed by atoms with E-state index in [1.807, 2.05) is 13.8 Å². The molecule has 7 heteroatoms. The zero-order valence-electron chi connectivity index (χ0n) is 12.1. The number of nitrogens with zero attached hydrogens (tertiary/aromatic N) is 2. The van der Waals surface area contributed by atoms with E-state index >= 15 is 0 Å². The molecule has 0 aliphatic rings. The average molecular weight is 282 g/mol. The van der Waals surface area contributed by atoms with Crippen LogP contribution >= 0.6 is 0 Å². The summed E-state index contributed by atoms with van der Waals surface area (Å²) in [4.78, 5) is 23.4. The predicted octanol–water partition coefficient (Wildman–Crippen LogP) is 0.702. The molecule has 0 spiro atoms. The summed E-state index contributed by atoms with van der Waals surface area (Å²) in [5.74, 6) is -0.821.